The number of amides is 1. The molecule has 1 aromatic heterocycles. The number of nitrogens with zero attached hydrogens (tertiary/aromatic N) is 3. The summed E-state index contributed by atoms with van der Waals surface area (Å²) in [6.07, 6.45) is 0. The fourth-order valence-electron chi connectivity index (χ4n) is 2.24. The highest BCUT2D eigenvalue weighted by atomic mass is 32.2. The predicted octanol–water partition coefficient (Wildman–Crippen LogP) is 3.38. The molecule has 0 aliphatic rings. The molecule has 0 aliphatic heterocycles. The van der Waals surface area contributed by atoms with Crippen LogP contribution in [0.3, 0.4) is 0 Å². The molecule has 0 fully saturated rings. The van der Waals surface area contributed by atoms with E-state index in [4.69, 9.17) is 4.74 Å². The Hall–Kier alpha value is -3.33. The Morgan fingerprint density at radius 1 is 1.18 bits per heavy atom. The highest BCUT2D eigenvalue weighted by Crippen LogP contribution is 2.16. The molecule has 0 atom stereocenters. The van der Waals surface area contributed by atoms with Crippen molar-refractivity contribution in [1.82, 2.24) is 15.2 Å². The maximum Gasteiger partial charge on any atom is 0.240 e. The minimum Gasteiger partial charge on any atom is -0.497 e. The van der Waals surface area contributed by atoms with Crippen molar-refractivity contribution in [3.8, 4) is 5.75 Å². The summed E-state index contributed by atoms with van der Waals surface area (Å²) in [6.45, 7) is 1.88. The zero-order chi connectivity index (χ0) is 19.8. The Morgan fingerprint density at radius 2 is 1.93 bits per heavy atom. The van der Waals surface area contributed by atoms with Gasteiger partial charge >= 0.3 is 0 Å². The lowest BCUT2D eigenvalue weighted by molar-refractivity contribution is -0.113. The van der Waals surface area contributed by atoms with Crippen LogP contribution in [0.2, 0.25) is 0 Å². The quantitative estimate of drug-likeness (QED) is 0.306. The lowest BCUT2D eigenvalue weighted by atomic mass is 10.1. The third-order valence-corrected chi connectivity index (χ3v) is 4.54. The Morgan fingerprint density at radius 3 is 2.64 bits per heavy atom. The molecular weight excluding hydrogens is 376 g/mol. The van der Waals surface area contributed by atoms with Crippen molar-refractivity contribution >= 4 is 35.0 Å². The molecule has 28 heavy (non-hydrogen) atoms. The molecule has 144 valence electrons. The number of para-hydroxylation sites is 1. The average molecular weight is 396 g/mol. The number of methoxy groups -OCH3 is 1. The first-order valence-corrected chi connectivity index (χ1v) is 9.47. The van der Waals surface area contributed by atoms with Gasteiger partial charge < -0.3 is 10.1 Å². The maximum atomic E-state index is 12.0. The number of hydrogen-bond donors (Lipinski definition) is 3. The Balaban J connectivity index is 1.50. The van der Waals surface area contributed by atoms with E-state index in [1.54, 1.807) is 7.11 Å². The fraction of sp³-hybridized carbons (Fsp3) is 0.158. The summed E-state index contributed by atoms with van der Waals surface area (Å²) in [5.74, 6) is 1.28. The molecule has 3 aromatic rings. The third kappa shape index (κ3) is 5.58. The molecule has 1 heterocycles. The lowest BCUT2D eigenvalue weighted by Gasteiger charge is -2.03. The number of carbonyl (C=O) groups is 1. The molecule has 0 spiro atoms. The summed E-state index contributed by atoms with van der Waals surface area (Å²) in [4.78, 5) is 16.2. The van der Waals surface area contributed by atoms with Crippen LogP contribution in [0.5, 0.6) is 5.75 Å². The van der Waals surface area contributed by atoms with Gasteiger partial charge in [0.1, 0.15) is 5.75 Å². The van der Waals surface area contributed by atoms with Crippen LogP contribution in [-0.2, 0) is 4.79 Å². The van der Waals surface area contributed by atoms with E-state index in [0.29, 0.717) is 11.1 Å². The van der Waals surface area contributed by atoms with Gasteiger partial charge in [-0.05, 0) is 48.9 Å². The van der Waals surface area contributed by atoms with E-state index in [1.807, 2.05) is 61.5 Å². The smallest absolute Gasteiger partial charge is 0.240 e. The normalized spacial score (nSPS) is 11.1. The predicted molar refractivity (Wildman–Crippen MR) is 111 cm³/mol. The van der Waals surface area contributed by atoms with Crippen LogP contribution in [-0.4, -0.2) is 39.7 Å². The number of aromatic amines is 1. The summed E-state index contributed by atoms with van der Waals surface area (Å²) >= 11 is 1.24. The molecule has 3 N–H and O–H groups in total. The van der Waals surface area contributed by atoms with Crippen LogP contribution in [0.25, 0.3) is 0 Å². The van der Waals surface area contributed by atoms with E-state index in [1.165, 1.54) is 11.8 Å². The number of H-pyrrole nitrogens is 1. The van der Waals surface area contributed by atoms with E-state index >= 15 is 0 Å². The standard InChI is InChI=1S/C19H20N6O2S/c1-13(14-8-10-16(27-2)11-9-14)22-23-18-21-19(25-24-18)28-12-17(26)20-15-6-4-3-5-7-15/h3-11H,12H2,1-2H3,(H,20,26)(H2,21,23,24,25)/b22-13+. The first-order chi connectivity index (χ1) is 13.6. The summed E-state index contributed by atoms with van der Waals surface area (Å²) < 4.78 is 5.14. The molecule has 2 aromatic carbocycles. The lowest BCUT2D eigenvalue weighted by Crippen LogP contribution is -2.13. The van der Waals surface area contributed by atoms with E-state index < -0.39 is 0 Å². The number of anilines is 2. The van der Waals surface area contributed by atoms with Crippen LogP contribution in [0, 0.1) is 0 Å². The molecule has 0 saturated heterocycles. The van der Waals surface area contributed by atoms with Crippen molar-refractivity contribution < 1.29 is 9.53 Å². The van der Waals surface area contributed by atoms with E-state index in [9.17, 15) is 4.79 Å². The number of rotatable bonds is 8. The average Bonchev–Trinajstić information content (AvgIpc) is 3.19. The van der Waals surface area contributed by atoms with Gasteiger partial charge in [0, 0.05) is 5.69 Å². The van der Waals surface area contributed by atoms with Crippen molar-refractivity contribution in [1.29, 1.82) is 0 Å². The summed E-state index contributed by atoms with van der Waals surface area (Å²) in [5.41, 5.74) is 5.34. The van der Waals surface area contributed by atoms with E-state index in [0.717, 1.165) is 22.7 Å². The van der Waals surface area contributed by atoms with Gasteiger partial charge in [-0.3, -0.25) is 4.79 Å². The molecule has 0 radical (unpaired) electrons. The topological polar surface area (TPSA) is 104 Å². The van der Waals surface area contributed by atoms with Crippen molar-refractivity contribution in [3.05, 3.63) is 60.2 Å². The van der Waals surface area contributed by atoms with Crippen LogP contribution in [0.15, 0.2) is 64.9 Å². The molecule has 1 amide bonds. The Labute approximate surface area is 166 Å². The molecule has 0 aliphatic carbocycles. The van der Waals surface area contributed by atoms with Gasteiger partial charge in [0.2, 0.25) is 17.0 Å². The van der Waals surface area contributed by atoms with Gasteiger partial charge in [-0.2, -0.15) is 10.1 Å². The molecule has 9 heteroatoms. The van der Waals surface area contributed by atoms with Crippen molar-refractivity contribution in [2.45, 2.75) is 12.1 Å². The number of carbonyl (C=O) groups excluding carboxylic acids is 1. The van der Waals surface area contributed by atoms with Gasteiger partial charge in [-0.25, -0.2) is 10.5 Å². The van der Waals surface area contributed by atoms with Crippen molar-refractivity contribution in [2.75, 3.05) is 23.6 Å². The van der Waals surface area contributed by atoms with Gasteiger partial charge in [0.05, 0.1) is 18.6 Å². The maximum absolute atomic E-state index is 12.0. The third-order valence-electron chi connectivity index (χ3n) is 3.69. The molecule has 8 nitrogen and oxygen atoms in total. The molecule has 0 bridgehead atoms. The summed E-state index contributed by atoms with van der Waals surface area (Å²) in [5, 5.41) is 14.4. The number of thioether (sulfide) groups is 1. The molecule has 0 unspecified atom stereocenters. The summed E-state index contributed by atoms with van der Waals surface area (Å²) in [6, 6.07) is 16.9. The Bertz CT molecular complexity index is 941. The summed E-state index contributed by atoms with van der Waals surface area (Å²) in [7, 11) is 1.63. The van der Waals surface area contributed by atoms with Gasteiger partial charge in [0.25, 0.3) is 0 Å². The van der Waals surface area contributed by atoms with Gasteiger partial charge in [-0.15, -0.1) is 5.10 Å². The van der Waals surface area contributed by atoms with E-state index in [-0.39, 0.29) is 11.7 Å². The Kier molecular flexibility index (Phi) is 6.64. The highest BCUT2D eigenvalue weighted by Gasteiger charge is 2.08. The van der Waals surface area contributed by atoms with Crippen molar-refractivity contribution in [3.63, 3.8) is 0 Å². The minimum atomic E-state index is -0.121. The second-order valence-corrected chi connectivity index (χ2v) is 6.65. The number of benzene rings is 2. The van der Waals surface area contributed by atoms with Crippen LogP contribution < -0.4 is 15.5 Å². The van der Waals surface area contributed by atoms with E-state index in [2.05, 4.69) is 31.0 Å². The number of nitrogens with one attached hydrogen (secondary N) is 3. The first kappa shape index (κ1) is 19.4. The van der Waals surface area contributed by atoms with Crippen LogP contribution in [0.4, 0.5) is 11.6 Å². The zero-order valence-corrected chi connectivity index (χ0v) is 16.3. The SMILES string of the molecule is COc1ccc(/C(C)=N/Nc2nc(SCC(=O)Nc3ccccc3)n[nH]2)cc1. The number of hydrogen-bond acceptors (Lipinski definition) is 7. The molecule has 0 saturated carbocycles. The highest BCUT2D eigenvalue weighted by molar-refractivity contribution is 7.99. The van der Waals surface area contributed by atoms with Gasteiger partial charge in [-0.1, -0.05) is 30.0 Å². The number of ether oxygens (including phenoxy) is 1. The molecular formula is C19H20N6O2S. The van der Waals surface area contributed by atoms with Crippen LogP contribution in [0.1, 0.15) is 12.5 Å². The second kappa shape index (κ2) is 9.56. The zero-order valence-electron chi connectivity index (χ0n) is 15.5. The number of hydrazone groups is 1. The van der Waals surface area contributed by atoms with Crippen molar-refractivity contribution in [2.24, 2.45) is 5.10 Å². The molecule has 3 rings (SSSR count). The second-order valence-electron chi connectivity index (χ2n) is 5.71. The minimum absolute atomic E-state index is 0.121. The van der Waals surface area contributed by atoms with Gasteiger partial charge in [0.15, 0.2) is 0 Å². The van der Waals surface area contributed by atoms with Crippen LogP contribution >= 0.6 is 11.8 Å². The monoisotopic (exact) mass is 396 g/mol. The first-order valence-electron chi connectivity index (χ1n) is 8.49. The fourth-order valence-corrected chi connectivity index (χ4v) is 2.84. The number of aromatic nitrogens is 3. The largest absolute Gasteiger partial charge is 0.497 e.